The Balaban J connectivity index is 2.48. The van der Waals surface area contributed by atoms with E-state index in [9.17, 15) is 0 Å². The van der Waals surface area contributed by atoms with Crippen molar-refractivity contribution >= 4 is 3.21 Å². The quantitative estimate of drug-likeness (QED) is 0.703. The van der Waals surface area contributed by atoms with Gasteiger partial charge in [0.2, 0.25) is 0 Å². The summed E-state index contributed by atoms with van der Waals surface area (Å²) in [5.74, 6) is 0.681. The summed E-state index contributed by atoms with van der Waals surface area (Å²) in [5.41, 5.74) is 3.11. The maximum absolute atomic E-state index is 2.46. The third kappa shape index (κ3) is 2.45. The van der Waals surface area contributed by atoms with E-state index < -0.39 is 21.3 Å². The van der Waals surface area contributed by atoms with Gasteiger partial charge in [0.15, 0.2) is 0 Å². The number of hydrogen-bond acceptors (Lipinski definition) is 0. The van der Waals surface area contributed by atoms with E-state index in [4.69, 9.17) is 0 Å². The molecule has 0 amide bonds. The first-order valence-electron chi connectivity index (χ1n) is 6.46. The Morgan fingerprint density at radius 3 is 2.41 bits per heavy atom. The monoisotopic (exact) mass is 304 g/mol. The standard InChI is InChI=1S/C8H11.C5H5.C3H6.Zr/c1-6-4-7(2)8(3)5-6;1-2-4-5-3-1;1-3-2;/h4,6H,1-3H3;1-3H,4H2;1-2H3;. The van der Waals surface area contributed by atoms with Crippen LogP contribution in [-0.4, -0.2) is 3.21 Å². The molecule has 1 atom stereocenters. The zero-order valence-corrected chi connectivity index (χ0v) is 14.1. The molecule has 0 aromatic carbocycles. The predicted molar refractivity (Wildman–Crippen MR) is 73.8 cm³/mol. The van der Waals surface area contributed by atoms with Gasteiger partial charge in [0, 0.05) is 0 Å². The van der Waals surface area contributed by atoms with Crippen molar-refractivity contribution in [3.63, 3.8) is 0 Å². The van der Waals surface area contributed by atoms with Crippen molar-refractivity contribution in [3.8, 4) is 0 Å². The molecular formula is C16H22Zr. The first-order chi connectivity index (χ1) is 8.02. The molecule has 0 aromatic heterocycles. The van der Waals surface area contributed by atoms with Crippen molar-refractivity contribution in [1.29, 1.82) is 0 Å². The van der Waals surface area contributed by atoms with Crippen molar-refractivity contribution < 1.29 is 21.3 Å². The van der Waals surface area contributed by atoms with Crippen molar-refractivity contribution in [2.75, 3.05) is 0 Å². The molecule has 0 radical (unpaired) electrons. The Morgan fingerprint density at radius 1 is 1.29 bits per heavy atom. The Hall–Kier alpha value is -0.287. The molecule has 0 saturated carbocycles. The minimum absolute atomic E-state index is 0.681. The van der Waals surface area contributed by atoms with Crippen LogP contribution in [0.2, 0.25) is 0 Å². The summed E-state index contributed by atoms with van der Waals surface area (Å²) >= 11 is -1.68. The van der Waals surface area contributed by atoms with E-state index in [1.165, 1.54) is 12.0 Å². The van der Waals surface area contributed by atoms with Gasteiger partial charge < -0.3 is 0 Å². The molecule has 0 aliphatic heterocycles. The second-order valence-corrected chi connectivity index (χ2v) is 12.6. The van der Waals surface area contributed by atoms with Crippen LogP contribution in [0.1, 0.15) is 41.0 Å². The molecule has 0 fully saturated rings. The van der Waals surface area contributed by atoms with E-state index in [0.717, 1.165) is 0 Å². The fraction of sp³-hybridized carbons (Fsp3) is 0.438. The molecule has 1 heteroatoms. The fourth-order valence-electron chi connectivity index (χ4n) is 2.95. The molecule has 1 unspecified atom stereocenters. The van der Waals surface area contributed by atoms with Crippen molar-refractivity contribution in [2.45, 2.75) is 41.0 Å². The van der Waals surface area contributed by atoms with Gasteiger partial charge >= 0.3 is 113 Å². The van der Waals surface area contributed by atoms with Gasteiger partial charge in [-0.15, -0.1) is 0 Å². The number of allylic oxidation sites excluding steroid dienone is 8. The zero-order chi connectivity index (χ0) is 12.6. The maximum atomic E-state index is 2.46. The average Bonchev–Trinajstić information content (AvgIpc) is 2.83. The SMILES string of the molecule is CC1=CC(C)[C]([Zr]([C]2=CC=CC2)=[C](C)C)=C1C. The van der Waals surface area contributed by atoms with E-state index >= 15 is 0 Å². The normalized spacial score (nSPS) is 23.0. The molecule has 0 aromatic rings. The summed E-state index contributed by atoms with van der Waals surface area (Å²) in [6.07, 6.45) is 10.6. The van der Waals surface area contributed by atoms with Crippen LogP contribution in [0.5, 0.6) is 0 Å². The van der Waals surface area contributed by atoms with Gasteiger partial charge in [-0.05, 0) is 0 Å². The van der Waals surface area contributed by atoms with Crippen LogP contribution in [0.25, 0.3) is 0 Å². The van der Waals surface area contributed by atoms with Crippen LogP contribution in [0.3, 0.4) is 0 Å². The summed E-state index contributed by atoms with van der Waals surface area (Å²) in [6.45, 7) is 11.7. The molecule has 2 aliphatic rings. The van der Waals surface area contributed by atoms with Crippen LogP contribution in [0.4, 0.5) is 0 Å². The molecule has 0 heterocycles. The Labute approximate surface area is 113 Å². The van der Waals surface area contributed by atoms with Crippen LogP contribution in [-0.2, 0) is 21.3 Å². The number of rotatable bonds is 2. The Bertz CT molecular complexity index is 492. The molecule has 0 N–H and O–H groups in total. The van der Waals surface area contributed by atoms with Crippen molar-refractivity contribution in [2.24, 2.45) is 5.92 Å². The van der Waals surface area contributed by atoms with Crippen LogP contribution >= 0.6 is 0 Å². The van der Waals surface area contributed by atoms with E-state index in [1.54, 1.807) is 12.1 Å². The topological polar surface area (TPSA) is 0 Å². The Kier molecular flexibility index (Phi) is 3.98. The molecule has 0 saturated heterocycles. The molecule has 2 rings (SSSR count). The van der Waals surface area contributed by atoms with Gasteiger partial charge in [-0.2, -0.15) is 0 Å². The van der Waals surface area contributed by atoms with Gasteiger partial charge in [-0.25, -0.2) is 0 Å². The van der Waals surface area contributed by atoms with Gasteiger partial charge in [0.25, 0.3) is 0 Å². The molecule has 2 aliphatic carbocycles. The van der Waals surface area contributed by atoms with Crippen LogP contribution in [0.15, 0.2) is 42.0 Å². The minimum atomic E-state index is -1.68. The van der Waals surface area contributed by atoms with Gasteiger partial charge in [-0.1, -0.05) is 0 Å². The summed E-state index contributed by atoms with van der Waals surface area (Å²) in [6, 6.07) is 0. The first-order valence-corrected chi connectivity index (χ1v) is 10.1. The van der Waals surface area contributed by atoms with E-state index in [0.29, 0.717) is 5.92 Å². The van der Waals surface area contributed by atoms with Crippen LogP contribution in [0, 0.1) is 5.92 Å². The molecule has 90 valence electrons. The first kappa shape index (κ1) is 13.2. The second kappa shape index (κ2) is 5.14. The number of hydrogen-bond donors (Lipinski definition) is 0. The van der Waals surface area contributed by atoms with Crippen molar-refractivity contribution in [1.82, 2.24) is 0 Å². The summed E-state index contributed by atoms with van der Waals surface area (Å²) in [7, 11) is 0. The summed E-state index contributed by atoms with van der Waals surface area (Å²) < 4.78 is 5.29. The molecule has 0 nitrogen and oxygen atoms in total. The fourth-order valence-corrected chi connectivity index (χ4v) is 10.9. The van der Waals surface area contributed by atoms with E-state index in [1.807, 2.05) is 3.28 Å². The third-order valence-electron chi connectivity index (χ3n) is 3.81. The van der Waals surface area contributed by atoms with Gasteiger partial charge in [0.1, 0.15) is 0 Å². The molecular weight excluding hydrogens is 283 g/mol. The summed E-state index contributed by atoms with van der Waals surface area (Å²) in [5, 5.41) is 0. The van der Waals surface area contributed by atoms with Gasteiger partial charge in [-0.3, -0.25) is 0 Å². The summed E-state index contributed by atoms with van der Waals surface area (Å²) in [4.78, 5) is 0. The predicted octanol–water partition coefficient (Wildman–Crippen LogP) is 4.53. The van der Waals surface area contributed by atoms with Gasteiger partial charge in [0.05, 0.1) is 0 Å². The Morgan fingerprint density at radius 2 is 2.00 bits per heavy atom. The zero-order valence-electron chi connectivity index (χ0n) is 11.6. The van der Waals surface area contributed by atoms with Crippen LogP contribution < -0.4 is 0 Å². The molecule has 17 heavy (non-hydrogen) atoms. The molecule has 0 bridgehead atoms. The van der Waals surface area contributed by atoms with Crippen molar-refractivity contribution in [3.05, 3.63) is 42.0 Å². The van der Waals surface area contributed by atoms with E-state index in [2.05, 4.69) is 58.9 Å². The average molecular weight is 306 g/mol. The molecule has 0 spiro atoms. The van der Waals surface area contributed by atoms with E-state index in [-0.39, 0.29) is 0 Å². The third-order valence-corrected chi connectivity index (χ3v) is 12.1. The second-order valence-electron chi connectivity index (χ2n) is 5.38.